The summed E-state index contributed by atoms with van der Waals surface area (Å²) in [5, 5.41) is 1.94. The molecule has 2 aromatic carbocycles. The molecule has 28 heavy (non-hydrogen) atoms. The Morgan fingerprint density at radius 1 is 1.07 bits per heavy atom. The molecule has 0 atom stereocenters. The van der Waals surface area contributed by atoms with Crippen LogP contribution in [0.3, 0.4) is 0 Å². The summed E-state index contributed by atoms with van der Waals surface area (Å²) in [7, 11) is 0. The number of aryl methyl sites for hydroxylation is 1. The minimum absolute atomic E-state index is 0.0269. The van der Waals surface area contributed by atoms with Gasteiger partial charge in [-0.2, -0.15) is 0 Å². The van der Waals surface area contributed by atoms with Crippen molar-refractivity contribution in [3.63, 3.8) is 0 Å². The minimum atomic E-state index is -0.133. The number of nitrogens with zero attached hydrogens (tertiary/aromatic N) is 3. The molecule has 4 rings (SSSR count). The van der Waals surface area contributed by atoms with E-state index in [4.69, 9.17) is 16.6 Å². The molecule has 142 valence electrons. The molecule has 2 aromatic heterocycles. The minimum Gasteiger partial charge on any atom is -0.285 e. The molecule has 4 aromatic rings. The summed E-state index contributed by atoms with van der Waals surface area (Å²) < 4.78 is 3.29. The van der Waals surface area contributed by atoms with Crippen molar-refractivity contribution in [1.29, 1.82) is 0 Å². The van der Waals surface area contributed by atoms with Gasteiger partial charge in [-0.05, 0) is 49.4 Å². The van der Waals surface area contributed by atoms with E-state index in [0.29, 0.717) is 21.7 Å². The third-order valence-electron chi connectivity index (χ3n) is 4.95. The lowest BCUT2D eigenvalue weighted by Crippen LogP contribution is -2.24. The van der Waals surface area contributed by atoms with Gasteiger partial charge in [0.2, 0.25) is 5.91 Å². The largest absolute Gasteiger partial charge is 0.285 e. The predicted molar refractivity (Wildman–Crippen MR) is 113 cm³/mol. The Balaban J connectivity index is 2.14. The SMILES string of the molecule is CC(=O)n1c(C)cc2c3nc(C(C)C)n(-c4ccc(Cl)cc4)c(=O)c3ccc21. The van der Waals surface area contributed by atoms with Crippen molar-refractivity contribution in [1.82, 2.24) is 14.1 Å². The molecule has 0 saturated carbocycles. The lowest BCUT2D eigenvalue weighted by atomic mass is 10.1. The van der Waals surface area contributed by atoms with E-state index < -0.39 is 0 Å². The van der Waals surface area contributed by atoms with Crippen molar-refractivity contribution in [3.8, 4) is 5.69 Å². The average molecular weight is 394 g/mol. The van der Waals surface area contributed by atoms with Gasteiger partial charge in [0.1, 0.15) is 5.82 Å². The molecule has 0 spiro atoms. The zero-order valence-corrected chi connectivity index (χ0v) is 16.9. The standard InChI is InChI=1S/C22H20ClN3O2/c1-12(2)21-24-20-17(22(28)26(21)16-7-5-15(23)6-8-16)9-10-19-18(20)11-13(3)25(19)14(4)27/h5-12H,1-4H3. The van der Waals surface area contributed by atoms with Gasteiger partial charge in [0.25, 0.3) is 5.56 Å². The third kappa shape index (κ3) is 2.74. The number of fused-ring (bicyclic) bond motifs is 3. The second-order valence-corrected chi connectivity index (χ2v) is 7.71. The summed E-state index contributed by atoms with van der Waals surface area (Å²) in [6.07, 6.45) is 0. The van der Waals surface area contributed by atoms with Gasteiger partial charge < -0.3 is 0 Å². The highest BCUT2D eigenvalue weighted by Gasteiger charge is 2.19. The maximum absolute atomic E-state index is 13.4. The van der Waals surface area contributed by atoms with Crippen LogP contribution in [0.15, 0.2) is 47.3 Å². The van der Waals surface area contributed by atoms with Crippen molar-refractivity contribution in [2.45, 2.75) is 33.6 Å². The van der Waals surface area contributed by atoms with Crippen LogP contribution in [0.2, 0.25) is 5.02 Å². The lowest BCUT2D eigenvalue weighted by Gasteiger charge is -2.16. The van der Waals surface area contributed by atoms with Crippen molar-refractivity contribution in [2.75, 3.05) is 0 Å². The first-order valence-electron chi connectivity index (χ1n) is 9.14. The second kappa shape index (κ2) is 6.60. The Kier molecular flexibility index (Phi) is 4.35. The molecule has 0 saturated heterocycles. The van der Waals surface area contributed by atoms with E-state index in [1.807, 2.05) is 45.0 Å². The van der Waals surface area contributed by atoms with Gasteiger partial charge in [-0.1, -0.05) is 25.4 Å². The number of halogens is 1. The first-order valence-corrected chi connectivity index (χ1v) is 9.52. The van der Waals surface area contributed by atoms with E-state index in [9.17, 15) is 9.59 Å². The monoisotopic (exact) mass is 393 g/mol. The molecule has 0 N–H and O–H groups in total. The molecule has 0 aliphatic heterocycles. The van der Waals surface area contributed by atoms with Crippen molar-refractivity contribution < 1.29 is 4.79 Å². The van der Waals surface area contributed by atoms with Crippen LogP contribution in [0, 0.1) is 6.92 Å². The van der Waals surface area contributed by atoms with Crippen LogP contribution >= 0.6 is 11.6 Å². The van der Waals surface area contributed by atoms with Gasteiger partial charge in [0.15, 0.2) is 0 Å². The third-order valence-corrected chi connectivity index (χ3v) is 5.20. The Bertz CT molecular complexity index is 1300. The molecule has 0 fully saturated rings. The molecule has 0 amide bonds. The molecular formula is C22H20ClN3O2. The molecule has 0 aliphatic rings. The van der Waals surface area contributed by atoms with Crippen molar-refractivity contribution in [3.05, 3.63) is 69.4 Å². The smallest absolute Gasteiger partial charge is 0.266 e. The van der Waals surface area contributed by atoms with E-state index in [2.05, 4.69) is 0 Å². The number of hydrogen-bond donors (Lipinski definition) is 0. The number of rotatable bonds is 2. The summed E-state index contributed by atoms with van der Waals surface area (Å²) in [5.74, 6) is 0.630. The summed E-state index contributed by atoms with van der Waals surface area (Å²) in [4.78, 5) is 30.4. The van der Waals surface area contributed by atoms with Crippen molar-refractivity contribution >= 4 is 39.3 Å². The molecule has 0 aliphatic carbocycles. The highest BCUT2D eigenvalue weighted by Crippen LogP contribution is 2.28. The second-order valence-electron chi connectivity index (χ2n) is 7.28. The predicted octanol–water partition coefficient (Wildman–Crippen LogP) is 5.09. The van der Waals surface area contributed by atoms with Crippen LogP contribution in [0.1, 0.15) is 43.0 Å². The van der Waals surface area contributed by atoms with Gasteiger partial charge in [0.05, 0.1) is 22.1 Å². The van der Waals surface area contributed by atoms with Crippen LogP contribution in [0.25, 0.3) is 27.5 Å². The van der Waals surface area contributed by atoms with Crippen LogP contribution < -0.4 is 5.56 Å². The molecule has 0 radical (unpaired) electrons. The summed E-state index contributed by atoms with van der Waals surface area (Å²) in [5.41, 5.74) is 2.81. The van der Waals surface area contributed by atoms with Gasteiger partial charge in [-0.15, -0.1) is 0 Å². The van der Waals surface area contributed by atoms with E-state index in [1.165, 1.54) is 6.92 Å². The first-order chi connectivity index (χ1) is 13.3. The summed E-state index contributed by atoms with van der Waals surface area (Å²) >= 11 is 6.01. The highest BCUT2D eigenvalue weighted by atomic mass is 35.5. The lowest BCUT2D eigenvalue weighted by molar-refractivity contribution is 0.0940. The summed E-state index contributed by atoms with van der Waals surface area (Å²) in [6, 6.07) is 12.6. The Morgan fingerprint density at radius 3 is 2.36 bits per heavy atom. The fourth-order valence-corrected chi connectivity index (χ4v) is 3.85. The zero-order valence-electron chi connectivity index (χ0n) is 16.2. The van der Waals surface area contributed by atoms with Crippen LogP contribution in [-0.4, -0.2) is 20.0 Å². The Hall–Kier alpha value is -2.92. The molecule has 0 unspecified atom stereocenters. The first kappa shape index (κ1) is 18.4. The topological polar surface area (TPSA) is 56.9 Å². The fraction of sp³-hybridized carbons (Fsp3) is 0.227. The van der Waals surface area contributed by atoms with Crippen LogP contribution in [0.4, 0.5) is 0 Å². The fourth-order valence-electron chi connectivity index (χ4n) is 3.73. The molecule has 2 heterocycles. The Labute approximate surface area is 167 Å². The molecule has 0 bridgehead atoms. The number of aromatic nitrogens is 3. The molecule has 5 nitrogen and oxygen atoms in total. The van der Waals surface area contributed by atoms with Gasteiger partial charge >= 0.3 is 0 Å². The molecule has 6 heteroatoms. The van der Waals surface area contributed by atoms with Crippen molar-refractivity contribution in [2.24, 2.45) is 0 Å². The summed E-state index contributed by atoms with van der Waals surface area (Å²) in [6.45, 7) is 7.42. The van der Waals surface area contributed by atoms with Crippen LogP contribution in [0.5, 0.6) is 0 Å². The number of benzene rings is 2. The van der Waals surface area contributed by atoms with E-state index in [1.54, 1.807) is 27.3 Å². The highest BCUT2D eigenvalue weighted by molar-refractivity contribution is 6.30. The van der Waals surface area contributed by atoms with Gasteiger partial charge in [-0.25, -0.2) is 4.98 Å². The number of hydrogen-bond acceptors (Lipinski definition) is 3. The number of carbonyl (C=O) groups excluding carboxylic acids is 1. The van der Waals surface area contributed by atoms with Gasteiger partial charge in [-0.3, -0.25) is 18.7 Å². The number of carbonyl (C=O) groups is 1. The molecular weight excluding hydrogens is 374 g/mol. The zero-order chi connectivity index (χ0) is 20.2. The normalized spacial score (nSPS) is 11.6. The quantitative estimate of drug-likeness (QED) is 0.477. The maximum atomic E-state index is 13.4. The average Bonchev–Trinajstić information content (AvgIpc) is 2.98. The van der Waals surface area contributed by atoms with Crippen LogP contribution in [-0.2, 0) is 0 Å². The van der Waals surface area contributed by atoms with E-state index >= 15 is 0 Å². The van der Waals surface area contributed by atoms with Gasteiger partial charge in [0, 0.05) is 28.9 Å². The Morgan fingerprint density at radius 2 is 1.75 bits per heavy atom. The maximum Gasteiger partial charge on any atom is 0.266 e. The van der Waals surface area contributed by atoms with E-state index in [0.717, 1.165) is 22.3 Å². The van der Waals surface area contributed by atoms with E-state index in [-0.39, 0.29) is 17.4 Å².